The highest BCUT2D eigenvalue weighted by Crippen LogP contribution is 2.22. The third-order valence-electron chi connectivity index (χ3n) is 4.14. The van der Waals surface area contributed by atoms with Crippen molar-refractivity contribution in [1.82, 2.24) is 19.3 Å². The summed E-state index contributed by atoms with van der Waals surface area (Å²) in [5.41, 5.74) is 3.02. The van der Waals surface area contributed by atoms with Crippen molar-refractivity contribution in [3.63, 3.8) is 0 Å². The van der Waals surface area contributed by atoms with Crippen molar-refractivity contribution in [1.29, 1.82) is 0 Å². The summed E-state index contributed by atoms with van der Waals surface area (Å²) in [5, 5.41) is 7.77. The number of imidazole rings is 1. The van der Waals surface area contributed by atoms with Crippen LogP contribution in [0.25, 0.3) is 17.0 Å². The fraction of sp³-hybridized carbons (Fsp3) is 0.105. The SMILES string of the molecule is Cc1cc(NC(=O)c2ccccc2Cl)n(-c2nc3ccccc3n2C)n1. The first-order valence-electron chi connectivity index (χ1n) is 8.09. The molecule has 0 aliphatic carbocycles. The van der Waals surface area contributed by atoms with Gasteiger partial charge in [0.1, 0.15) is 5.82 Å². The van der Waals surface area contributed by atoms with Crippen LogP contribution in [0.1, 0.15) is 16.1 Å². The Balaban J connectivity index is 1.76. The number of rotatable bonds is 3. The van der Waals surface area contributed by atoms with E-state index in [0.29, 0.717) is 22.4 Å². The van der Waals surface area contributed by atoms with E-state index >= 15 is 0 Å². The van der Waals surface area contributed by atoms with Gasteiger partial charge in [0.2, 0.25) is 5.95 Å². The predicted octanol–water partition coefficient (Wildman–Crippen LogP) is 3.97. The van der Waals surface area contributed by atoms with E-state index in [4.69, 9.17) is 11.6 Å². The van der Waals surface area contributed by atoms with E-state index in [9.17, 15) is 4.79 Å². The highest BCUT2D eigenvalue weighted by atomic mass is 35.5. The molecule has 4 rings (SSSR count). The first kappa shape index (κ1) is 16.4. The zero-order valence-electron chi connectivity index (χ0n) is 14.3. The number of anilines is 1. The zero-order chi connectivity index (χ0) is 18.3. The van der Waals surface area contributed by atoms with E-state index in [-0.39, 0.29) is 5.91 Å². The van der Waals surface area contributed by atoms with Gasteiger partial charge in [0.05, 0.1) is 27.3 Å². The van der Waals surface area contributed by atoms with Crippen molar-refractivity contribution in [3.8, 4) is 5.95 Å². The smallest absolute Gasteiger partial charge is 0.258 e. The number of para-hydroxylation sites is 2. The topological polar surface area (TPSA) is 64.7 Å². The number of fused-ring (bicyclic) bond motifs is 1. The molecule has 2 heterocycles. The number of carbonyl (C=O) groups is 1. The Morgan fingerprint density at radius 3 is 2.62 bits per heavy atom. The van der Waals surface area contributed by atoms with E-state index in [1.165, 1.54) is 0 Å². The van der Waals surface area contributed by atoms with E-state index < -0.39 is 0 Å². The Bertz CT molecular complexity index is 1130. The molecule has 2 aromatic heterocycles. The summed E-state index contributed by atoms with van der Waals surface area (Å²) in [5.74, 6) is 0.857. The maximum absolute atomic E-state index is 12.6. The van der Waals surface area contributed by atoms with Gasteiger partial charge in [-0.15, -0.1) is 0 Å². The minimum absolute atomic E-state index is 0.296. The Morgan fingerprint density at radius 1 is 1.12 bits per heavy atom. The number of aromatic nitrogens is 4. The Labute approximate surface area is 155 Å². The van der Waals surface area contributed by atoms with Crippen molar-refractivity contribution in [3.05, 3.63) is 70.9 Å². The van der Waals surface area contributed by atoms with Gasteiger partial charge in [0.25, 0.3) is 5.91 Å². The lowest BCUT2D eigenvalue weighted by Crippen LogP contribution is -2.17. The number of carbonyl (C=O) groups excluding carboxylic acids is 1. The molecule has 0 aliphatic heterocycles. The lowest BCUT2D eigenvalue weighted by atomic mass is 10.2. The molecule has 7 heteroatoms. The van der Waals surface area contributed by atoms with Gasteiger partial charge in [-0.05, 0) is 31.2 Å². The number of nitrogens with one attached hydrogen (secondary N) is 1. The molecule has 1 amide bonds. The van der Waals surface area contributed by atoms with Crippen LogP contribution in [0.4, 0.5) is 5.82 Å². The van der Waals surface area contributed by atoms with Crippen molar-refractivity contribution in [2.24, 2.45) is 7.05 Å². The van der Waals surface area contributed by atoms with E-state index in [1.807, 2.05) is 42.8 Å². The van der Waals surface area contributed by atoms with Crippen LogP contribution in [-0.4, -0.2) is 25.2 Å². The van der Waals surface area contributed by atoms with Crippen LogP contribution in [0.3, 0.4) is 0 Å². The summed E-state index contributed by atoms with van der Waals surface area (Å²) >= 11 is 6.13. The fourth-order valence-electron chi connectivity index (χ4n) is 2.89. The van der Waals surface area contributed by atoms with Gasteiger partial charge in [0.15, 0.2) is 0 Å². The number of halogens is 1. The summed E-state index contributed by atoms with van der Waals surface area (Å²) in [4.78, 5) is 17.3. The van der Waals surface area contributed by atoms with Gasteiger partial charge in [-0.2, -0.15) is 9.78 Å². The molecule has 6 nitrogen and oxygen atoms in total. The maximum atomic E-state index is 12.6. The normalized spacial score (nSPS) is 11.0. The summed E-state index contributed by atoms with van der Waals surface area (Å²) < 4.78 is 3.57. The first-order chi connectivity index (χ1) is 12.5. The molecular formula is C19H16ClN5O. The Hall–Kier alpha value is -3.12. The van der Waals surface area contributed by atoms with Crippen LogP contribution in [0.15, 0.2) is 54.6 Å². The van der Waals surface area contributed by atoms with Gasteiger partial charge in [0, 0.05) is 13.1 Å². The molecule has 0 saturated carbocycles. The molecule has 0 bridgehead atoms. The number of benzene rings is 2. The number of aryl methyl sites for hydroxylation is 2. The molecule has 0 saturated heterocycles. The third kappa shape index (κ3) is 2.74. The average Bonchev–Trinajstić information content (AvgIpc) is 3.15. The Kier molecular flexibility index (Phi) is 3.97. The molecule has 0 aliphatic rings. The minimum atomic E-state index is -0.296. The molecule has 4 aromatic rings. The largest absolute Gasteiger partial charge is 0.311 e. The molecule has 0 fully saturated rings. The summed E-state index contributed by atoms with van der Waals surface area (Å²) in [6.07, 6.45) is 0. The van der Waals surface area contributed by atoms with Gasteiger partial charge in [-0.25, -0.2) is 4.98 Å². The molecule has 0 radical (unpaired) electrons. The van der Waals surface area contributed by atoms with E-state index in [1.54, 1.807) is 35.0 Å². The molecule has 26 heavy (non-hydrogen) atoms. The molecule has 1 N–H and O–H groups in total. The molecular weight excluding hydrogens is 350 g/mol. The molecule has 130 valence electrons. The van der Waals surface area contributed by atoms with Gasteiger partial charge < -0.3 is 9.88 Å². The first-order valence-corrected chi connectivity index (χ1v) is 8.47. The second kappa shape index (κ2) is 6.31. The number of hydrogen-bond donors (Lipinski definition) is 1. The van der Waals surface area contributed by atoms with Crippen LogP contribution >= 0.6 is 11.6 Å². The summed E-state index contributed by atoms with van der Waals surface area (Å²) in [7, 11) is 1.92. The number of amides is 1. The van der Waals surface area contributed by atoms with Gasteiger partial charge in [-0.3, -0.25) is 4.79 Å². The summed E-state index contributed by atoms with van der Waals surface area (Å²) in [6, 6.07) is 16.6. The third-order valence-corrected chi connectivity index (χ3v) is 4.47. The highest BCUT2D eigenvalue weighted by molar-refractivity contribution is 6.34. The van der Waals surface area contributed by atoms with E-state index in [0.717, 1.165) is 16.7 Å². The van der Waals surface area contributed by atoms with Crippen molar-refractivity contribution < 1.29 is 4.79 Å². The monoisotopic (exact) mass is 365 g/mol. The van der Waals surface area contributed by atoms with Gasteiger partial charge in [-0.1, -0.05) is 35.9 Å². The lowest BCUT2D eigenvalue weighted by molar-refractivity contribution is 0.102. The average molecular weight is 366 g/mol. The molecule has 0 spiro atoms. The van der Waals surface area contributed by atoms with Crippen LogP contribution in [0.2, 0.25) is 5.02 Å². The van der Waals surface area contributed by atoms with Crippen molar-refractivity contribution in [2.45, 2.75) is 6.92 Å². The number of hydrogen-bond acceptors (Lipinski definition) is 3. The quantitative estimate of drug-likeness (QED) is 0.597. The maximum Gasteiger partial charge on any atom is 0.258 e. The number of nitrogens with zero attached hydrogens (tertiary/aromatic N) is 4. The second-order valence-corrected chi connectivity index (χ2v) is 6.38. The van der Waals surface area contributed by atoms with Crippen LogP contribution in [0.5, 0.6) is 0 Å². The highest BCUT2D eigenvalue weighted by Gasteiger charge is 2.18. The lowest BCUT2D eigenvalue weighted by Gasteiger charge is -2.09. The molecule has 2 aromatic carbocycles. The van der Waals surface area contributed by atoms with Crippen LogP contribution in [-0.2, 0) is 7.05 Å². The second-order valence-electron chi connectivity index (χ2n) is 5.98. The molecule has 0 unspecified atom stereocenters. The van der Waals surface area contributed by atoms with Crippen molar-refractivity contribution in [2.75, 3.05) is 5.32 Å². The van der Waals surface area contributed by atoms with Crippen molar-refractivity contribution >= 4 is 34.4 Å². The standard InChI is InChI=1S/C19H16ClN5O/c1-12-11-17(22-18(26)13-7-3-4-8-14(13)20)25(23-12)19-21-15-9-5-6-10-16(15)24(19)2/h3-11H,1-2H3,(H,22,26). The van der Waals surface area contributed by atoms with Gasteiger partial charge >= 0.3 is 0 Å². The predicted molar refractivity (Wildman–Crippen MR) is 102 cm³/mol. The molecule has 0 atom stereocenters. The van der Waals surface area contributed by atoms with Crippen LogP contribution in [0, 0.1) is 6.92 Å². The zero-order valence-corrected chi connectivity index (χ0v) is 15.0. The van der Waals surface area contributed by atoms with Crippen LogP contribution < -0.4 is 5.32 Å². The fourth-order valence-corrected chi connectivity index (χ4v) is 3.11. The summed E-state index contributed by atoms with van der Waals surface area (Å²) in [6.45, 7) is 1.87. The minimum Gasteiger partial charge on any atom is -0.311 e. The van der Waals surface area contributed by atoms with E-state index in [2.05, 4.69) is 15.4 Å². The Morgan fingerprint density at radius 2 is 1.85 bits per heavy atom.